The van der Waals surface area contributed by atoms with Crippen LogP contribution in [0.1, 0.15) is 18.8 Å². The van der Waals surface area contributed by atoms with E-state index in [1.54, 1.807) is 26.0 Å². The molecule has 3 heteroatoms. The third kappa shape index (κ3) is 3.90. The van der Waals surface area contributed by atoms with Crippen LogP contribution < -0.4 is 0 Å². The van der Waals surface area contributed by atoms with Gasteiger partial charge in [0.2, 0.25) is 0 Å². The third-order valence-electron chi connectivity index (χ3n) is 2.07. The van der Waals surface area contributed by atoms with Gasteiger partial charge in [-0.3, -0.25) is 0 Å². The molecule has 0 amide bonds. The lowest BCUT2D eigenvalue weighted by molar-refractivity contribution is -0.106. The van der Waals surface area contributed by atoms with Gasteiger partial charge in [-0.05, 0) is 19.1 Å². The SMILES string of the molecule is CC#CCSc1ccc(C(OC)OC)cc1. The summed E-state index contributed by atoms with van der Waals surface area (Å²) in [5.41, 5.74) is 1.02. The molecule has 0 atom stereocenters. The molecule has 0 aromatic heterocycles. The van der Waals surface area contributed by atoms with Crippen LogP contribution in [-0.2, 0) is 9.47 Å². The Morgan fingerprint density at radius 1 is 1.19 bits per heavy atom. The zero-order valence-corrected chi connectivity index (χ0v) is 10.6. The van der Waals surface area contributed by atoms with Crippen molar-refractivity contribution in [2.75, 3.05) is 20.0 Å². The van der Waals surface area contributed by atoms with Crippen molar-refractivity contribution in [2.24, 2.45) is 0 Å². The Morgan fingerprint density at radius 2 is 1.81 bits per heavy atom. The predicted molar refractivity (Wildman–Crippen MR) is 67.4 cm³/mol. The van der Waals surface area contributed by atoms with E-state index in [0.717, 1.165) is 11.3 Å². The van der Waals surface area contributed by atoms with Crippen molar-refractivity contribution in [2.45, 2.75) is 18.1 Å². The molecule has 0 saturated carbocycles. The monoisotopic (exact) mass is 236 g/mol. The molecule has 0 aliphatic carbocycles. The first-order valence-corrected chi connectivity index (χ1v) is 5.98. The maximum absolute atomic E-state index is 5.17. The Balaban J connectivity index is 2.62. The average molecular weight is 236 g/mol. The Hall–Kier alpha value is -0.950. The summed E-state index contributed by atoms with van der Waals surface area (Å²) in [6.07, 6.45) is -0.283. The summed E-state index contributed by atoms with van der Waals surface area (Å²) in [4.78, 5) is 1.21. The highest BCUT2D eigenvalue weighted by Gasteiger charge is 2.07. The van der Waals surface area contributed by atoms with Crippen LogP contribution in [0, 0.1) is 11.8 Å². The molecule has 1 aromatic rings. The second-order valence-corrected chi connectivity index (χ2v) is 4.14. The molecule has 0 spiro atoms. The first kappa shape index (κ1) is 13.1. The van der Waals surface area contributed by atoms with E-state index in [0.29, 0.717) is 0 Å². The molecular formula is C13H16O2S. The highest BCUT2D eigenvalue weighted by Crippen LogP contribution is 2.22. The van der Waals surface area contributed by atoms with Crippen LogP contribution in [0.2, 0.25) is 0 Å². The summed E-state index contributed by atoms with van der Waals surface area (Å²) >= 11 is 1.73. The van der Waals surface area contributed by atoms with Gasteiger partial charge in [0, 0.05) is 24.7 Å². The van der Waals surface area contributed by atoms with Gasteiger partial charge in [0.25, 0.3) is 0 Å². The fourth-order valence-electron chi connectivity index (χ4n) is 1.28. The van der Waals surface area contributed by atoms with Crippen molar-refractivity contribution in [1.29, 1.82) is 0 Å². The third-order valence-corrected chi connectivity index (χ3v) is 2.96. The molecule has 16 heavy (non-hydrogen) atoms. The zero-order valence-electron chi connectivity index (χ0n) is 9.82. The summed E-state index contributed by atoms with van der Waals surface area (Å²) in [6.45, 7) is 1.85. The van der Waals surface area contributed by atoms with E-state index in [4.69, 9.17) is 9.47 Å². The van der Waals surface area contributed by atoms with Gasteiger partial charge < -0.3 is 9.47 Å². The van der Waals surface area contributed by atoms with E-state index in [1.165, 1.54) is 4.90 Å². The standard InChI is InChI=1S/C13H16O2S/c1-4-5-10-16-12-8-6-11(7-9-12)13(14-2)15-3/h6-9,13H,10H2,1-3H3. The molecule has 0 aliphatic heterocycles. The van der Waals surface area contributed by atoms with E-state index < -0.39 is 0 Å². The van der Waals surface area contributed by atoms with Crippen LogP contribution in [0.15, 0.2) is 29.2 Å². The van der Waals surface area contributed by atoms with Crippen molar-refractivity contribution in [3.8, 4) is 11.8 Å². The normalized spacial score (nSPS) is 10.0. The van der Waals surface area contributed by atoms with Crippen LogP contribution in [0.3, 0.4) is 0 Å². The lowest BCUT2D eigenvalue weighted by Crippen LogP contribution is -2.02. The second-order valence-electron chi connectivity index (χ2n) is 3.09. The summed E-state index contributed by atoms with van der Waals surface area (Å²) in [7, 11) is 3.27. The van der Waals surface area contributed by atoms with Gasteiger partial charge in [0.05, 0.1) is 5.75 Å². The van der Waals surface area contributed by atoms with Gasteiger partial charge >= 0.3 is 0 Å². The minimum atomic E-state index is -0.283. The molecule has 0 saturated heterocycles. The molecule has 0 fully saturated rings. The van der Waals surface area contributed by atoms with Crippen molar-refractivity contribution >= 4 is 11.8 Å². The Kier molecular flexibility index (Phi) is 6.02. The fourth-order valence-corrected chi connectivity index (χ4v) is 1.99. The van der Waals surface area contributed by atoms with Crippen LogP contribution in [0.25, 0.3) is 0 Å². The average Bonchev–Trinajstić information content (AvgIpc) is 2.33. The minimum absolute atomic E-state index is 0.283. The van der Waals surface area contributed by atoms with Crippen molar-refractivity contribution < 1.29 is 9.47 Å². The zero-order chi connectivity index (χ0) is 11.8. The van der Waals surface area contributed by atoms with Gasteiger partial charge in [-0.25, -0.2) is 0 Å². The van der Waals surface area contributed by atoms with Gasteiger partial charge in [0.15, 0.2) is 6.29 Å². The van der Waals surface area contributed by atoms with Crippen LogP contribution in [-0.4, -0.2) is 20.0 Å². The summed E-state index contributed by atoms with van der Waals surface area (Å²) in [6, 6.07) is 8.14. The number of benzene rings is 1. The van der Waals surface area contributed by atoms with E-state index >= 15 is 0 Å². The predicted octanol–water partition coefficient (Wildman–Crippen LogP) is 3.09. The molecule has 0 heterocycles. The van der Waals surface area contributed by atoms with Crippen LogP contribution >= 0.6 is 11.8 Å². The molecule has 1 rings (SSSR count). The summed E-state index contributed by atoms with van der Waals surface area (Å²) in [5.74, 6) is 6.72. The van der Waals surface area contributed by atoms with Crippen molar-refractivity contribution in [1.82, 2.24) is 0 Å². The highest BCUT2D eigenvalue weighted by atomic mass is 32.2. The Morgan fingerprint density at radius 3 is 2.31 bits per heavy atom. The summed E-state index contributed by atoms with van der Waals surface area (Å²) < 4.78 is 10.3. The molecule has 1 aromatic carbocycles. The quantitative estimate of drug-likeness (QED) is 0.444. The number of hydrogen-bond donors (Lipinski definition) is 0. The van der Waals surface area contributed by atoms with Crippen LogP contribution in [0.4, 0.5) is 0 Å². The highest BCUT2D eigenvalue weighted by molar-refractivity contribution is 7.99. The van der Waals surface area contributed by atoms with Crippen molar-refractivity contribution in [3.05, 3.63) is 29.8 Å². The molecule has 0 radical (unpaired) electrons. The maximum Gasteiger partial charge on any atom is 0.183 e. The second kappa shape index (κ2) is 7.34. The van der Waals surface area contributed by atoms with E-state index in [1.807, 2.05) is 19.1 Å². The van der Waals surface area contributed by atoms with Crippen LogP contribution in [0.5, 0.6) is 0 Å². The lowest BCUT2D eigenvalue weighted by atomic mass is 10.2. The Labute approximate surface area is 101 Å². The first-order valence-electron chi connectivity index (χ1n) is 4.99. The van der Waals surface area contributed by atoms with Gasteiger partial charge in [-0.1, -0.05) is 18.1 Å². The molecular weight excluding hydrogens is 220 g/mol. The molecule has 2 nitrogen and oxygen atoms in total. The van der Waals surface area contributed by atoms with E-state index in [-0.39, 0.29) is 6.29 Å². The number of hydrogen-bond acceptors (Lipinski definition) is 3. The molecule has 0 bridgehead atoms. The minimum Gasteiger partial charge on any atom is -0.352 e. The topological polar surface area (TPSA) is 18.5 Å². The van der Waals surface area contributed by atoms with E-state index in [9.17, 15) is 0 Å². The first-order chi connectivity index (χ1) is 7.81. The largest absolute Gasteiger partial charge is 0.352 e. The van der Waals surface area contributed by atoms with E-state index in [2.05, 4.69) is 24.0 Å². The number of ether oxygens (including phenoxy) is 2. The van der Waals surface area contributed by atoms with Gasteiger partial charge in [-0.15, -0.1) is 17.7 Å². The molecule has 0 unspecified atom stereocenters. The fraction of sp³-hybridized carbons (Fsp3) is 0.385. The van der Waals surface area contributed by atoms with Gasteiger partial charge in [-0.2, -0.15) is 0 Å². The van der Waals surface area contributed by atoms with Gasteiger partial charge in [0.1, 0.15) is 0 Å². The summed E-state index contributed by atoms with van der Waals surface area (Å²) in [5, 5.41) is 0. The molecule has 0 aliphatic rings. The Bertz CT molecular complexity index is 358. The maximum atomic E-state index is 5.17. The number of methoxy groups -OCH3 is 2. The number of thioether (sulfide) groups is 1. The molecule has 0 N–H and O–H groups in total. The number of rotatable bonds is 5. The smallest absolute Gasteiger partial charge is 0.183 e. The van der Waals surface area contributed by atoms with Crippen molar-refractivity contribution in [3.63, 3.8) is 0 Å². The lowest BCUT2D eigenvalue weighted by Gasteiger charge is -2.13. The molecule has 86 valence electrons.